The Hall–Kier alpha value is -0.383. The largest absolute Gasteiger partial charge is 0.321 e. The summed E-state index contributed by atoms with van der Waals surface area (Å²) in [7, 11) is 5.32. The Bertz CT molecular complexity index is 302. The van der Waals surface area contributed by atoms with Crippen molar-refractivity contribution in [2.75, 3.05) is 7.05 Å². The van der Waals surface area contributed by atoms with E-state index in [2.05, 4.69) is 10.4 Å². The van der Waals surface area contributed by atoms with Gasteiger partial charge in [-0.05, 0) is 38.6 Å². The van der Waals surface area contributed by atoms with Crippen molar-refractivity contribution in [1.29, 1.82) is 0 Å². The van der Waals surface area contributed by atoms with Crippen LogP contribution in [0.15, 0.2) is 24.3 Å². The van der Waals surface area contributed by atoms with Crippen LogP contribution < -0.4 is 0 Å². The zero-order valence-electron chi connectivity index (χ0n) is 8.54. The number of hydrogen-bond donors (Lipinski definition) is 0. The van der Waals surface area contributed by atoms with Crippen LogP contribution in [-0.4, -0.2) is 22.0 Å². The zero-order chi connectivity index (χ0) is 10.1. The lowest BCUT2D eigenvalue weighted by atomic mass is 9.94. The van der Waals surface area contributed by atoms with Crippen LogP contribution in [0, 0.1) is 5.82 Å². The van der Waals surface area contributed by atoms with Gasteiger partial charge in [-0.2, -0.15) is 0 Å². The Kier molecular flexibility index (Phi) is 4.78. The molecule has 77 valence electrons. The van der Waals surface area contributed by atoms with Gasteiger partial charge in [-0.3, -0.25) is 0 Å². The third kappa shape index (κ3) is 2.80. The van der Waals surface area contributed by atoms with Gasteiger partial charge in [-0.25, -0.2) is 4.39 Å². The average molecular weight is 231 g/mol. The molecular weight excluding hydrogens is 217 g/mol. The SMILES string of the molecule is CN([Si])C(C)(C)c1cccc(F)c1.Cl. The minimum Gasteiger partial charge on any atom is -0.321 e. The molecule has 0 aromatic heterocycles. The van der Waals surface area contributed by atoms with Crippen LogP contribution in [0.3, 0.4) is 0 Å². The van der Waals surface area contributed by atoms with Gasteiger partial charge in [-0.15, -0.1) is 12.4 Å². The maximum atomic E-state index is 12.9. The fourth-order valence-corrected chi connectivity index (χ4v) is 1.19. The zero-order valence-corrected chi connectivity index (χ0v) is 10.4. The van der Waals surface area contributed by atoms with E-state index in [4.69, 9.17) is 0 Å². The van der Waals surface area contributed by atoms with Gasteiger partial charge in [0.1, 0.15) is 16.2 Å². The average Bonchev–Trinajstić information content (AvgIpc) is 2.04. The van der Waals surface area contributed by atoms with E-state index < -0.39 is 0 Å². The van der Waals surface area contributed by atoms with Crippen molar-refractivity contribution in [2.45, 2.75) is 19.4 Å². The van der Waals surface area contributed by atoms with E-state index in [1.807, 2.05) is 31.5 Å². The molecule has 0 atom stereocenters. The lowest BCUT2D eigenvalue weighted by Crippen LogP contribution is -2.36. The smallest absolute Gasteiger partial charge is 0.144 e. The molecule has 0 saturated heterocycles. The molecule has 1 nitrogen and oxygen atoms in total. The first kappa shape index (κ1) is 13.6. The van der Waals surface area contributed by atoms with Crippen molar-refractivity contribution < 1.29 is 4.39 Å². The summed E-state index contributed by atoms with van der Waals surface area (Å²) < 4.78 is 14.8. The summed E-state index contributed by atoms with van der Waals surface area (Å²) in [5.74, 6) is -0.195. The highest BCUT2D eigenvalue weighted by molar-refractivity contribution is 6.04. The highest BCUT2D eigenvalue weighted by Crippen LogP contribution is 2.24. The fourth-order valence-electron chi connectivity index (χ4n) is 1.06. The van der Waals surface area contributed by atoms with Crippen LogP contribution >= 0.6 is 12.4 Å². The van der Waals surface area contributed by atoms with Crippen LogP contribution in [0.2, 0.25) is 0 Å². The van der Waals surface area contributed by atoms with Crippen molar-refractivity contribution in [2.24, 2.45) is 0 Å². The summed E-state index contributed by atoms with van der Waals surface area (Å²) in [4.78, 5) is 0. The molecule has 1 rings (SSSR count). The number of halogens is 2. The summed E-state index contributed by atoms with van der Waals surface area (Å²) >= 11 is 0. The molecule has 0 fully saturated rings. The Balaban J connectivity index is 0.00000169. The maximum Gasteiger partial charge on any atom is 0.144 e. The first-order valence-electron chi connectivity index (χ1n) is 4.15. The Morgan fingerprint density at radius 2 is 1.93 bits per heavy atom. The summed E-state index contributed by atoms with van der Waals surface area (Å²) in [6.45, 7) is 4.05. The molecule has 0 N–H and O–H groups in total. The van der Waals surface area contributed by atoms with Crippen LogP contribution in [0.5, 0.6) is 0 Å². The maximum absolute atomic E-state index is 12.9. The van der Waals surface area contributed by atoms with Crippen molar-refractivity contribution in [1.82, 2.24) is 4.57 Å². The van der Waals surface area contributed by atoms with Crippen LogP contribution in [-0.2, 0) is 5.54 Å². The number of hydrogen-bond acceptors (Lipinski definition) is 1. The predicted molar refractivity (Wildman–Crippen MR) is 60.2 cm³/mol. The van der Waals surface area contributed by atoms with E-state index in [9.17, 15) is 4.39 Å². The lowest BCUT2D eigenvalue weighted by Gasteiger charge is -2.33. The second-order valence-corrected chi connectivity index (χ2v) is 4.30. The predicted octanol–water partition coefficient (Wildman–Crippen LogP) is 2.50. The van der Waals surface area contributed by atoms with Gasteiger partial charge in [0, 0.05) is 5.54 Å². The molecule has 0 aliphatic rings. The molecule has 1 aromatic carbocycles. The molecule has 0 heterocycles. The van der Waals surface area contributed by atoms with Crippen molar-refractivity contribution in [3.63, 3.8) is 0 Å². The number of benzene rings is 1. The van der Waals surface area contributed by atoms with E-state index in [0.29, 0.717) is 0 Å². The van der Waals surface area contributed by atoms with Gasteiger partial charge in [0.2, 0.25) is 0 Å². The standard InChI is InChI=1S/C10H13FNSi.ClH/c1-10(2,12(3)13)8-5-4-6-9(11)7-8;/h4-7H,1-3H3;1H. The Morgan fingerprint density at radius 1 is 1.36 bits per heavy atom. The van der Waals surface area contributed by atoms with Crippen LogP contribution in [0.1, 0.15) is 19.4 Å². The minimum absolute atomic E-state index is 0. The molecular formula is C10H14ClFNSi. The molecule has 0 spiro atoms. The van der Waals surface area contributed by atoms with E-state index in [1.165, 1.54) is 6.07 Å². The van der Waals surface area contributed by atoms with Gasteiger partial charge in [0.25, 0.3) is 0 Å². The molecule has 3 radical (unpaired) electrons. The quantitative estimate of drug-likeness (QED) is 0.706. The highest BCUT2D eigenvalue weighted by atomic mass is 35.5. The molecule has 4 heteroatoms. The van der Waals surface area contributed by atoms with Crippen LogP contribution in [0.4, 0.5) is 4.39 Å². The third-order valence-corrected chi connectivity index (χ3v) is 2.93. The molecule has 1 aromatic rings. The van der Waals surface area contributed by atoms with Crippen molar-refractivity contribution in [3.8, 4) is 0 Å². The molecule has 0 aliphatic heterocycles. The first-order valence-corrected chi connectivity index (χ1v) is 4.60. The molecule has 0 aliphatic carbocycles. The third-order valence-electron chi connectivity index (χ3n) is 2.37. The second-order valence-electron chi connectivity index (χ2n) is 3.63. The fraction of sp³-hybridized carbons (Fsp3) is 0.400. The molecule has 0 saturated carbocycles. The molecule has 14 heavy (non-hydrogen) atoms. The molecule has 0 unspecified atom stereocenters. The molecule has 0 amide bonds. The Morgan fingerprint density at radius 3 is 2.36 bits per heavy atom. The summed E-state index contributed by atoms with van der Waals surface area (Å²) in [5.41, 5.74) is 0.740. The normalized spacial score (nSPS) is 11.3. The van der Waals surface area contributed by atoms with Gasteiger partial charge < -0.3 is 4.57 Å². The van der Waals surface area contributed by atoms with Gasteiger partial charge in [-0.1, -0.05) is 12.1 Å². The van der Waals surface area contributed by atoms with Gasteiger partial charge in [0.05, 0.1) is 0 Å². The minimum atomic E-state index is -0.209. The van der Waals surface area contributed by atoms with Crippen molar-refractivity contribution in [3.05, 3.63) is 35.6 Å². The summed E-state index contributed by atoms with van der Waals surface area (Å²) in [6, 6.07) is 6.64. The lowest BCUT2D eigenvalue weighted by molar-refractivity contribution is 0.282. The second kappa shape index (κ2) is 4.91. The van der Waals surface area contributed by atoms with Gasteiger partial charge in [0.15, 0.2) is 0 Å². The Labute approximate surface area is 94.2 Å². The van der Waals surface area contributed by atoms with Crippen LogP contribution in [0.25, 0.3) is 0 Å². The van der Waals surface area contributed by atoms with E-state index in [0.717, 1.165) is 5.56 Å². The summed E-state index contributed by atoms with van der Waals surface area (Å²) in [5, 5.41) is 0. The highest BCUT2D eigenvalue weighted by Gasteiger charge is 2.22. The van der Waals surface area contributed by atoms with E-state index >= 15 is 0 Å². The van der Waals surface area contributed by atoms with Gasteiger partial charge >= 0.3 is 0 Å². The number of nitrogens with zero attached hydrogens (tertiary/aromatic N) is 1. The first-order chi connectivity index (χ1) is 5.94. The van der Waals surface area contributed by atoms with Crippen molar-refractivity contribution >= 4 is 22.8 Å². The van der Waals surface area contributed by atoms with E-state index in [-0.39, 0.29) is 23.8 Å². The summed E-state index contributed by atoms with van der Waals surface area (Å²) in [6.07, 6.45) is 0. The topological polar surface area (TPSA) is 3.24 Å². The molecule has 0 bridgehead atoms. The number of rotatable bonds is 2. The monoisotopic (exact) mass is 230 g/mol. The van der Waals surface area contributed by atoms with E-state index in [1.54, 1.807) is 12.1 Å².